The van der Waals surface area contributed by atoms with Crippen LogP contribution in [-0.2, 0) is 22.0 Å². The number of carbonyl (C=O) groups excluding carboxylic acids is 1. The summed E-state index contributed by atoms with van der Waals surface area (Å²) in [5.41, 5.74) is 11.7. The van der Waals surface area contributed by atoms with Crippen LogP contribution in [0.2, 0.25) is 0 Å². The molecule has 230 valence electrons. The molecule has 47 heavy (non-hydrogen) atoms. The van der Waals surface area contributed by atoms with Crippen molar-refractivity contribution >= 4 is 5.97 Å². The Bertz CT molecular complexity index is 1950. The van der Waals surface area contributed by atoms with Crippen LogP contribution in [0.1, 0.15) is 59.9 Å². The maximum absolute atomic E-state index is 13.4. The first kappa shape index (κ1) is 29.2. The minimum Gasteiger partial charge on any atom is -0.427 e. The van der Waals surface area contributed by atoms with Crippen LogP contribution in [0, 0.1) is 0 Å². The molecule has 2 heteroatoms. The number of ether oxygens (including phenoxy) is 1. The highest BCUT2D eigenvalue weighted by atomic mass is 16.5. The van der Waals surface area contributed by atoms with Gasteiger partial charge in [-0.2, -0.15) is 0 Å². The van der Waals surface area contributed by atoms with Crippen molar-refractivity contribution in [1.82, 2.24) is 0 Å². The normalized spacial score (nSPS) is 14.5. The van der Waals surface area contributed by atoms with Crippen molar-refractivity contribution < 1.29 is 9.53 Å². The van der Waals surface area contributed by atoms with Crippen LogP contribution in [0.15, 0.2) is 158 Å². The van der Waals surface area contributed by atoms with Crippen LogP contribution < -0.4 is 4.74 Å². The predicted octanol–water partition coefficient (Wildman–Crippen LogP) is 10.7. The standard InChI is InChI=1S/C45H38O2/c46-43(47-34-17-5-2-6-18-34)28-30-45(41-25-13-9-21-37(41)38-22-10-14-26-42(38)45)32-31-44(29-27-33-15-3-1-4-16-33)39-23-11-7-19-35(39)36-20-8-12-24-40(36)44/h1-26H,27-32H2. The number of esters is 1. The third-order valence-corrected chi connectivity index (χ3v) is 10.7. The van der Waals surface area contributed by atoms with Crippen LogP contribution in [0.4, 0.5) is 0 Å². The molecule has 0 saturated heterocycles. The van der Waals surface area contributed by atoms with Gasteiger partial charge < -0.3 is 4.74 Å². The number of benzene rings is 6. The smallest absolute Gasteiger partial charge is 0.311 e. The number of para-hydroxylation sites is 1. The van der Waals surface area contributed by atoms with Gasteiger partial charge in [0.05, 0.1) is 0 Å². The van der Waals surface area contributed by atoms with Crippen molar-refractivity contribution in [2.24, 2.45) is 0 Å². The zero-order valence-electron chi connectivity index (χ0n) is 26.6. The Balaban J connectivity index is 1.22. The minimum atomic E-state index is -0.324. The number of aryl methyl sites for hydroxylation is 1. The van der Waals surface area contributed by atoms with Gasteiger partial charge in [-0.1, -0.05) is 146 Å². The zero-order chi connectivity index (χ0) is 31.7. The first-order valence-electron chi connectivity index (χ1n) is 16.9. The molecular weight excluding hydrogens is 572 g/mol. The van der Waals surface area contributed by atoms with Gasteiger partial charge in [-0.3, -0.25) is 4.79 Å². The number of hydrogen-bond acceptors (Lipinski definition) is 2. The SMILES string of the molecule is O=C(CCC1(CCC2(CCc3ccccc3)c3ccccc3-c3ccccc32)c2ccccc2-c2ccccc21)Oc1ccccc1. The van der Waals surface area contributed by atoms with E-state index in [2.05, 4.69) is 127 Å². The largest absolute Gasteiger partial charge is 0.427 e. The molecule has 6 aromatic rings. The van der Waals surface area contributed by atoms with E-state index in [1.165, 1.54) is 50.1 Å². The zero-order valence-corrected chi connectivity index (χ0v) is 26.6. The summed E-state index contributed by atoms with van der Waals surface area (Å²) in [5.74, 6) is 0.408. The summed E-state index contributed by atoms with van der Waals surface area (Å²) < 4.78 is 5.83. The molecule has 0 atom stereocenters. The summed E-state index contributed by atoms with van der Waals surface area (Å²) in [7, 11) is 0. The van der Waals surface area contributed by atoms with Gasteiger partial charge in [0, 0.05) is 17.3 Å². The second-order valence-corrected chi connectivity index (χ2v) is 13.1. The summed E-state index contributed by atoms with van der Waals surface area (Å²) in [5, 5.41) is 0. The number of carbonyl (C=O) groups is 1. The Morgan fingerprint density at radius 1 is 0.426 bits per heavy atom. The van der Waals surface area contributed by atoms with Gasteiger partial charge in [-0.15, -0.1) is 0 Å². The van der Waals surface area contributed by atoms with Crippen LogP contribution in [0.5, 0.6) is 5.75 Å². The molecule has 6 aromatic carbocycles. The van der Waals surface area contributed by atoms with Crippen molar-refractivity contribution in [3.63, 3.8) is 0 Å². The molecule has 0 unspecified atom stereocenters. The van der Waals surface area contributed by atoms with Crippen molar-refractivity contribution in [2.75, 3.05) is 0 Å². The molecule has 0 heterocycles. The monoisotopic (exact) mass is 610 g/mol. The summed E-state index contributed by atoms with van der Waals surface area (Å²) >= 11 is 0. The molecule has 2 aliphatic rings. The second-order valence-electron chi connectivity index (χ2n) is 13.1. The average Bonchev–Trinajstić information content (AvgIpc) is 3.58. The molecule has 0 N–H and O–H groups in total. The number of fused-ring (bicyclic) bond motifs is 6. The van der Waals surface area contributed by atoms with Crippen molar-refractivity contribution in [1.29, 1.82) is 0 Å². The molecule has 8 rings (SSSR count). The lowest BCUT2D eigenvalue weighted by atomic mass is 9.64. The van der Waals surface area contributed by atoms with E-state index in [0.29, 0.717) is 18.6 Å². The molecule has 0 aromatic heterocycles. The van der Waals surface area contributed by atoms with E-state index >= 15 is 0 Å². The summed E-state index contributed by atoms with van der Waals surface area (Å²) in [6.07, 6.45) is 4.90. The molecule has 2 nitrogen and oxygen atoms in total. The van der Waals surface area contributed by atoms with Gasteiger partial charge in [-0.05, 0) is 94.3 Å². The van der Waals surface area contributed by atoms with Gasteiger partial charge >= 0.3 is 5.97 Å². The Morgan fingerprint density at radius 3 is 1.28 bits per heavy atom. The maximum Gasteiger partial charge on any atom is 0.311 e. The minimum absolute atomic E-state index is 0.160. The molecular formula is C45H38O2. The highest BCUT2D eigenvalue weighted by Gasteiger charge is 2.48. The van der Waals surface area contributed by atoms with E-state index in [-0.39, 0.29) is 16.8 Å². The predicted molar refractivity (Wildman–Crippen MR) is 191 cm³/mol. The van der Waals surface area contributed by atoms with E-state index in [1.54, 1.807) is 0 Å². The van der Waals surface area contributed by atoms with E-state index in [0.717, 1.165) is 25.7 Å². The maximum atomic E-state index is 13.4. The van der Waals surface area contributed by atoms with Crippen LogP contribution >= 0.6 is 0 Å². The number of hydrogen-bond donors (Lipinski definition) is 0. The molecule has 0 aliphatic heterocycles. The van der Waals surface area contributed by atoms with Gasteiger partial charge in [0.15, 0.2) is 0 Å². The fourth-order valence-electron chi connectivity index (χ4n) is 8.57. The lowest BCUT2D eigenvalue weighted by Crippen LogP contribution is -2.33. The quantitative estimate of drug-likeness (QED) is 0.114. The highest BCUT2D eigenvalue weighted by molar-refractivity contribution is 5.83. The topological polar surface area (TPSA) is 26.3 Å². The molecule has 0 radical (unpaired) electrons. The van der Waals surface area contributed by atoms with Gasteiger partial charge in [-0.25, -0.2) is 0 Å². The third-order valence-electron chi connectivity index (χ3n) is 10.7. The first-order valence-corrected chi connectivity index (χ1v) is 16.9. The number of rotatable bonds is 10. The lowest BCUT2D eigenvalue weighted by molar-refractivity contribution is -0.134. The molecule has 2 aliphatic carbocycles. The molecule has 0 amide bonds. The van der Waals surface area contributed by atoms with E-state index in [4.69, 9.17) is 4.74 Å². The van der Waals surface area contributed by atoms with Crippen molar-refractivity contribution in [3.8, 4) is 28.0 Å². The summed E-state index contributed by atoms with van der Waals surface area (Å²) in [4.78, 5) is 13.4. The van der Waals surface area contributed by atoms with E-state index in [9.17, 15) is 4.79 Å². The Kier molecular flexibility index (Phi) is 7.57. The average molecular weight is 611 g/mol. The highest BCUT2D eigenvalue weighted by Crippen LogP contribution is 2.59. The molecule has 0 saturated carbocycles. The summed E-state index contributed by atoms with van der Waals surface area (Å²) in [6.45, 7) is 0. The third kappa shape index (κ3) is 5.09. The van der Waals surface area contributed by atoms with Crippen molar-refractivity contribution in [3.05, 3.63) is 186 Å². The molecule has 0 bridgehead atoms. The van der Waals surface area contributed by atoms with Gasteiger partial charge in [0.25, 0.3) is 0 Å². The van der Waals surface area contributed by atoms with Crippen LogP contribution in [0.25, 0.3) is 22.3 Å². The fraction of sp³-hybridized carbons (Fsp3) is 0.178. The van der Waals surface area contributed by atoms with Gasteiger partial charge in [0.1, 0.15) is 5.75 Å². The van der Waals surface area contributed by atoms with Crippen molar-refractivity contribution in [2.45, 2.75) is 49.4 Å². The Hall–Kier alpha value is -5.21. The lowest BCUT2D eigenvalue weighted by Gasteiger charge is -2.39. The van der Waals surface area contributed by atoms with E-state index in [1.807, 2.05) is 30.3 Å². The van der Waals surface area contributed by atoms with Gasteiger partial charge in [0.2, 0.25) is 0 Å². The van der Waals surface area contributed by atoms with E-state index < -0.39 is 0 Å². The summed E-state index contributed by atoms with van der Waals surface area (Å²) in [6, 6.07) is 56.1. The first-order chi connectivity index (χ1) is 23.2. The molecule has 0 spiro atoms. The Morgan fingerprint density at radius 2 is 0.809 bits per heavy atom. The molecule has 0 fully saturated rings. The Labute approximate surface area is 277 Å². The van der Waals surface area contributed by atoms with Crippen LogP contribution in [-0.4, -0.2) is 5.97 Å². The second kappa shape index (κ2) is 12.2. The fourth-order valence-corrected chi connectivity index (χ4v) is 8.57. The van der Waals surface area contributed by atoms with Crippen LogP contribution in [0.3, 0.4) is 0 Å².